The maximum Gasteiger partial charge on any atom is 0.239 e. The van der Waals surface area contributed by atoms with Gasteiger partial charge in [-0.05, 0) is 56.3 Å². The molecule has 5 rings (SSSR count). The van der Waals surface area contributed by atoms with E-state index in [1.54, 1.807) is 0 Å². The largest absolute Gasteiger partial charge is 0.352 e. The molecule has 8 nitrogen and oxygen atoms in total. The van der Waals surface area contributed by atoms with Crippen molar-refractivity contribution < 1.29 is 9.63 Å². The minimum Gasteiger partial charge on any atom is -0.352 e. The number of hydroxylamine groups is 1. The van der Waals surface area contributed by atoms with Crippen LogP contribution in [0.15, 0.2) is 0 Å². The molecule has 2 saturated carbocycles. The van der Waals surface area contributed by atoms with Crippen molar-refractivity contribution in [3.8, 4) is 0 Å². The zero-order chi connectivity index (χ0) is 21.2. The third-order valence-corrected chi connectivity index (χ3v) is 8.48. The number of piperazine rings is 1. The number of rotatable bonds is 4. The smallest absolute Gasteiger partial charge is 0.239 e. The number of nitrogens with one attached hydrogen (secondary N) is 5. The van der Waals surface area contributed by atoms with E-state index < -0.39 is 0 Å². The highest BCUT2D eigenvalue weighted by Gasteiger charge is 2.41. The predicted molar refractivity (Wildman–Crippen MR) is 120 cm³/mol. The SMILES string of the molecule is CC1CCCC2CC(C(=O)NC3CCC4NC(CN5CCNCC5)NCC4C3)NOC12. The van der Waals surface area contributed by atoms with Gasteiger partial charge in [0, 0.05) is 51.4 Å². The first-order valence-corrected chi connectivity index (χ1v) is 12.8. The second-order valence-electron chi connectivity index (χ2n) is 10.7. The Bertz CT molecular complexity index is 615. The van der Waals surface area contributed by atoms with Crippen LogP contribution in [-0.4, -0.2) is 80.5 Å². The summed E-state index contributed by atoms with van der Waals surface area (Å²) in [7, 11) is 0. The van der Waals surface area contributed by atoms with Crippen molar-refractivity contribution in [2.75, 3.05) is 39.3 Å². The first-order valence-electron chi connectivity index (χ1n) is 12.8. The first kappa shape index (κ1) is 22.0. The molecule has 0 spiro atoms. The monoisotopic (exact) mass is 434 g/mol. The van der Waals surface area contributed by atoms with E-state index in [0.29, 0.717) is 30.0 Å². The van der Waals surface area contributed by atoms with Gasteiger partial charge in [-0.25, -0.2) is 0 Å². The summed E-state index contributed by atoms with van der Waals surface area (Å²) in [6, 6.07) is 0.658. The molecule has 5 N–H and O–H groups in total. The van der Waals surface area contributed by atoms with Crippen LogP contribution < -0.4 is 26.7 Å². The van der Waals surface area contributed by atoms with Crippen molar-refractivity contribution in [2.45, 2.75) is 82.3 Å². The molecule has 0 radical (unpaired) electrons. The summed E-state index contributed by atoms with van der Waals surface area (Å²) in [5.74, 6) is 1.84. The van der Waals surface area contributed by atoms with Crippen LogP contribution >= 0.6 is 0 Å². The van der Waals surface area contributed by atoms with Gasteiger partial charge in [0.05, 0.1) is 12.3 Å². The van der Waals surface area contributed by atoms with Gasteiger partial charge in [-0.1, -0.05) is 13.3 Å². The molecule has 0 aromatic rings. The lowest BCUT2D eigenvalue weighted by molar-refractivity contribution is -0.161. The summed E-state index contributed by atoms with van der Waals surface area (Å²) in [4.78, 5) is 21.4. The zero-order valence-corrected chi connectivity index (χ0v) is 19.1. The Morgan fingerprint density at radius 1 is 1.10 bits per heavy atom. The standard InChI is InChI=1S/C23H42N6O2/c1-15-3-2-4-16-12-20(28-31-22(15)16)23(30)26-18-5-6-19-17(11-18)13-25-21(27-19)14-29-9-7-24-8-10-29/h15-22,24-25,27-28H,2-14H2,1H3,(H,26,30). The van der Waals surface area contributed by atoms with Crippen molar-refractivity contribution in [3.05, 3.63) is 0 Å². The predicted octanol–water partition coefficient (Wildman–Crippen LogP) is 0.162. The van der Waals surface area contributed by atoms with Gasteiger partial charge in [0.2, 0.25) is 5.91 Å². The van der Waals surface area contributed by atoms with Crippen LogP contribution in [0.2, 0.25) is 0 Å². The number of fused-ring (bicyclic) bond motifs is 2. The van der Waals surface area contributed by atoms with Crippen LogP contribution in [0.1, 0.15) is 51.9 Å². The van der Waals surface area contributed by atoms with Crippen molar-refractivity contribution in [2.24, 2.45) is 17.8 Å². The molecule has 3 saturated heterocycles. The molecule has 5 aliphatic rings. The summed E-state index contributed by atoms with van der Waals surface area (Å²) < 4.78 is 0. The van der Waals surface area contributed by atoms with Crippen LogP contribution in [0.5, 0.6) is 0 Å². The van der Waals surface area contributed by atoms with Crippen LogP contribution in [0.4, 0.5) is 0 Å². The van der Waals surface area contributed by atoms with E-state index in [0.717, 1.165) is 65.0 Å². The fraction of sp³-hybridized carbons (Fsp3) is 0.957. The number of carbonyl (C=O) groups excluding carboxylic acids is 1. The van der Waals surface area contributed by atoms with Gasteiger partial charge in [-0.3, -0.25) is 19.8 Å². The average Bonchev–Trinajstić information content (AvgIpc) is 2.80. The molecule has 2 aliphatic carbocycles. The Balaban J connectivity index is 1.06. The first-order chi connectivity index (χ1) is 15.2. The molecule has 3 heterocycles. The van der Waals surface area contributed by atoms with Crippen molar-refractivity contribution in [1.29, 1.82) is 0 Å². The maximum absolute atomic E-state index is 13.0. The molecule has 176 valence electrons. The lowest BCUT2D eigenvalue weighted by Gasteiger charge is -2.45. The van der Waals surface area contributed by atoms with Gasteiger partial charge < -0.3 is 16.0 Å². The molecule has 3 aliphatic heterocycles. The molecule has 0 aromatic carbocycles. The van der Waals surface area contributed by atoms with Crippen molar-refractivity contribution in [1.82, 2.24) is 31.6 Å². The highest BCUT2D eigenvalue weighted by Crippen LogP contribution is 2.36. The van der Waals surface area contributed by atoms with Crippen LogP contribution in [-0.2, 0) is 9.63 Å². The molecule has 5 fully saturated rings. The van der Waals surface area contributed by atoms with E-state index in [1.165, 1.54) is 19.3 Å². The quantitative estimate of drug-likeness (QED) is 0.431. The second-order valence-corrected chi connectivity index (χ2v) is 10.7. The lowest BCUT2D eigenvalue weighted by atomic mass is 9.76. The van der Waals surface area contributed by atoms with Crippen molar-refractivity contribution in [3.63, 3.8) is 0 Å². The van der Waals surface area contributed by atoms with Gasteiger partial charge in [-0.2, -0.15) is 5.48 Å². The Hall–Kier alpha value is -0.770. The van der Waals surface area contributed by atoms with E-state index in [-0.39, 0.29) is 24.1 Å². The average molecular weight is 435 g/mol. The van der Waals surface area contributed by atoms with Crippen LogP contribution in [0.25, 0.3) is 0 Å². The minimum absolute atomic E-state index is 0.133. The molecular weight excluding hydrogens is 392 g/mol. The zero-order valence-electron chi connectivity index (χ0n) is 19.1. The summed E-state index contributed by atoms with van der Waals surface area (Å²) in [6.07, 6.45) is 8.55. The Morgan fingerprint density at radius 2 is 1.97 bits per heavy atom. The van der Waals surface area contributed by atoms with Crippen LogP contribution in [0.3, 0.4) is 0 Å². The number of hydrogen-bond donors (Lipinski definition) is 5. The number of nitrogens with zero attached hydrogens (tertiary/aromatic N) is 1. The Labute approximate surface area is 186 Å². The maximum atomic E-state index is 13.0. The molecule has 0 aromatic heterocycles. The van der Waals surface area contributed by atoms with E-state index in [4.69, 9.17) is 4.84 Å². The fourth-order valence-electron chi connectivity index (χ4n) is 6.65. The molecule has 0 bridgehead atoms. The fourth-order valence-corrected chi connectivity index (χ4v) is 6.65. The van der Waals surface area contributed by atoms with E-state index in [9.17, 15) is 4.79 Å². The van der Waals surface area contributed by atoms with Gasteiger partial charge in [0.15, 0.2) is 0 Å². The minimum atomic E-state index is -0.199. The van der Waals surface area contributed by atoms with Gasteiger partial charge in [0.25, 0.3) is 0 Å². The van der Waals surface area contributed by atoms with E-state index in [1.807, 2.05) is 0 Å². The second kappa shape index (κ2) is 10.0. The molecule has 8 unspecified atom stereocenters. The highest BCUT2D eigenvalue weighted by atomic mass is 16.7. The summed E-state index contributed by atoms with van der Waals surface area (Å²) in [5, 5.41) is 14.4. The number of amides is 1. The summed E-state index contributed by atoms with van der Waals surface area (Å²) >= 11 is 0. The topological polar surface area (TPSA) is 89.7 Å². The van der Waals surface area contributed by atoms with Crippen LogP contribution in [0, 0.1) is 17.8 Å². The number of carbonyl (C=O) groups is 1. The van der Waals surface area contributed by atoms with Gasteiger partial charge >= 0.3 is 0 Å². The van der Waals surface area contributed by atoms with Gasteiger partial charge in [-0.15, -0.1) is 0 Å². The number of hydrogen-bond acceptors (Lipinski definition) is 7. The highest BCUT2D eigenvalue weighted by molar-refractivity contribution is 5.82. The van der Waals surface area contributed by atoms with Gasteiger partial charge in [0.1, 0.15) is 6.04 Å². The normalized spacial score (nSPS) is 44.2. The molecule has 31 heavy (non-hydrogen) atoms. The third-order valence-electron chi connectivity index (χ3n) is 8.48. The lowest BCUT2D eigenvalue weighted by Crippen LogP contribution is -2.65. The van der Waals surface area contributed by atoms with E-state index >= 15 is 0 Å². The van der Waals surface area contributed by atoms with E-state index in [2.05, 4.69) is 38.6 Å². The third kappa shape index (κ3) is 5.25. The summed E-state index contributed by atoms with van der Waals surface area (Å²) in [5.41, 5.74) is 3.09. The molecular formula is C23H42N6O2. The molecule has 1 amide bonds. The Kier molecular flexibility index (Phi) is 7.12. The van der Waals surface area contributed by atoms with Crippen molar-refractivity contribution >= 4 is 5.91 Å². The Morgan fingerprint density at radius 3 is 2.84 bits per heavy atom. The molecule has 8 heteroatoms. The molecule has 8 atom stereocenters. The summed E-state index contributed by atoms with van der Waals surface area (Å²) in [6.45, 7) is 8.89.